The third-order valence-electron chi connectivity index (χ3n) is 12.9. The summed E-state index contributed by atoms with van der Waals surface area (Å²) in [6.07, 6.45) is 3.01. The van der Waals surface area contributed by atoms with Crippen LogP contribution in [-0.4, -0.2) is 61.5 Å². The van der Waals surface area contributed by atoms with Crippen molar-refractivity contribution in [3.05, 3.63) is 118 Å². The van der Waals surface area contributed by atoms with E-state index < -0.39 is 69.4 Å². The van der Waals surface area contributed by atoms with Crippen LogP contribution in [0.5, 0.6) is 0 Å². The highest BCUT2D eigenvalue weighted by Crippen LogP contribution is 2.51. The van der Waals surface area contributed by atoms with Gasteiger partial charge in [-0.15, -0.1) is 0 Å². The number of esters is 4. The van der Waals surface area contributed by atoms with Crippen LogP contribution in [0, 0.1) is 10.8 Å². The van der Waals surface area contributed by atoms with E-state index in [0.717, 1.165) is 42.4 Å². The molecule has 4 aromatic heterocycles. The monoisotopic (exact) mass is 1090 g/mol. The van der Waals surface area contributed by atoms with E-state index >= 15 is 0 Å². The van der Waals surface area contributed by atoms with Crippen molar-refractivity contribution >= 4 is 29.7 Å². The molecule has 424 valence electrons. The zero-order valence-electron chi connectivity index (χ0n) is 47.2. The molecule has 2 aliphatic carbocycles. The van der Waals surface area contributed by atoms with Gasteiger partial charge in [0.2, 0.25) is 17.3 Å². The molecule has 0 radical (unpaired) electrons. The van der Waals surface area contributed by atoms with E-state index in [0.29, 0.717) is 28.4 Å². The summed E-state index contributed by atoms with van der Waals surface area (Å²) in [5.41, 5.74) is 1.02. The minimum Gasteiger partial charge on any atom is -0.461 e. The van der Waals surface area contributed by atoms with Crippen LogP contribution in [0.1, 0.15) is 208 Å². The molecule has 0 unspecified atom stereocenters. The van der Waals surface area contributed by atoms with Crippen LogP contribution in [-0.2, 0) is 57.3 Å². The van der Waals surface area contributed by atoms with Gasteiger partial charge >= 0.3 is 29.8 Å². The zero-order valence-corrected chi connectivity index (χ0v) is 47.2. The second-order valence-corrected chi connectivity index (χ2v) is 24.4. The molecule has 19 heteroatoms. The maximum absolute atomic E-state index is 14.9. The maximum Gasteiger partial charge on any atom is 0.312 e. The van der Waals surface area contributed by atoms with Crippen LogP contribution < -0.4 is 0 Å². The number of benzene rings is 2. The van der Waals surface area contributed by atoms with Crippen LogP contribution in [0.15, 0.2) is 90.9 Å². The number of alkyl halides is 2. The number of halogens is 2. The van der Waals surface area contributed by atoms with Gasteiger partial charge in [-0.3, -0.25) is 24.0 Å². The first-order valence-electron chi connectivity index (χ1n) is 26.7. The Balaban J connectivity index is 0.000000229. The highest BCUT2D eigenvalue weighted by molar-refractivity contribution is 5.98. The number of carbonyl (C=O) groups excluding carboxylic acids is 5. The number of aromatic nitrogens is 4. The lowest BCUT2D eigenvalue weighted by molar-refractivity contribution is -0.157. The number of Topliss-reactive ketones (excluding diaryl/α,β-unsaturated/α-hetero) is 1. The fraction of sp³-hybridized carbons (Fsp3) is 0.517. The molecule has 0 N–H and O–H groups in total. The first-order chi connectivity index (χ1) is 37.0. The summed E-state index contributed by atoms with van der Waals surface area (Å²) in [7, 11) is 0. The van der Waals surface area contributed by atoms with E-state index in [1.54, 1.807) is 68.4 Å². The lowest BCUT2D eigenvalue weighted by Gasteiger charge is -2.27. The first kappa shape index (κ1) is 59.4. The third-order valence-corrected chi connectivity index (χ3v) is 12.9. The van der Waals surface area contributed by atoms with Crippen molar-refractivity contribution in [3.8, 4) is 22.9 Å². The number of hydrogen-bond donors (Lipinski definition) is 0. The van der Waals surface area contributed by atoms with E-state index in [4.69, 9.17) is 37.0 Å². The third kappa shape index (κ3) is 16.2. The second kappa shape index (κ2) is 24.0. The van der Waals surface area contributed by atoms with E-state index in [9.17, 15) is 32.8 Å². The Hall–Kier alpha value is -7.31. The Morgan fingerprint density at radius 3 is 1.30 bits per heavy atom. The predicted molar refractivity (Wildman–Crippen MR) is 283 cm³/mol. The van der Waals surface area contributed by atoms with Crippen molar-refractivity contribution in [1.29, 1.82) is 0 Å². The highest BCUT2D eigenvalue weighted by Gasteiger charge is 2.49. The van der Waals surface area contributed by atoms with Crippen LogP contribution in [0.4, 0.5) is 8.78 Å². The van der Waals surface area contributed by atoms with E-state index in [-0.39, 0.29) is 73.7 Å². The first-order valence-corrected chi connectivity index (χ1v) is 26.7. The molecule has 2 aliphatic rings. The number of carbonyl (C=O) groups is 5. The summed E-state index contributed by atoms with van der Waals surface area (Å²) in [4.78, 5) is 64.2. The van der Waals surface area contributed by atoms with Gasteiger partial charge < -0.3 is 37.0 Å². The molecule has 6 aromatic rings. The van der Waals surface area contributed by atoms with E-state index in [1.165, 1.54) is 26.8 Å². The lowest BCUT2D eigenvalue weighted by Crippen LogP contribution is -2.30. The molecule has 8 rings (SSSR count). The molecule has 2 atom stereocenters. The summed E-state index contributed by atoms with van der Waals surface area (Å²) >= 11 is 0. The molecule has 0 bridgehead atoms. The van der Waals surface area contributed by atoms with Crippen molar-refractivity contribution < 1.29 is 69.8 Å². The van der Waals surface area contributed by atoms with Crippen molar-refractivity contribution in [2.45, 2.75) is 188 Å². The largest absolute Gasteiger partial charge is 0.461 e. The second-order valence-electron chi connectivity index (χ2n) is 24.4. The molecular formula is C60H72F2N4O13. The van der Waals surface area contributed by atoms with Crippen LogP contribution in [0.3, 0.4) is 0 Å². The zero-order chi connectivity index (χ0) is 57.7. The van der Waals surface area contributed by atoms with Gasteiger partial charge in [0.1, 0.15) is 24.4 Å². The number of ether oxygens (including phenoxy) is 4. The summed E-state index contributed by atoms with van der Waals surface area (Å²) < 4.78 is 73.7. The van der Waals surface area contributed by atoms with E-state index in [1.807, 2.05) is 60.7 Å². The summed E-state index contributed by atoms with van der Waals surface area (Å²) in [5, 5.41) is 16.5. The van der Waals surface area contributed by atoms with Gasteiger partial charge in [-0.2, -0.15) is 8.78 Å². The Kier molecular flexibility index (Phi) is 18.0. The van der Waals surface area contributed by atoms with Crippen LogP contribution in [0.2, 0.25) is 0 Å². The summed E-state index contributed by atoms with van der Waals surface area (Å²) in [5.74, 6) is -6.43. The van der Waals surface area contributed by atoms with Crippen molar-refractivity contribution in [2.75, 3.05) is 0 Å². The van der Waals surface area contributed by atoms with Gasteiger partial charge in [0.05, 0.1) is 37.1 Å². The minimum atomic E-state index is -3.28. The molecule has 4 heterocycles. The highest BCUT2D eigenvalue weighted by atomic mass is 19.3. The number of rotatable bonds is 20. The number of nitrogens with zero attached hydrogens (tertiary/aromatic N) is 4. The number of ketones is 1. The number of hydrogen-bond acceptors (Lipinski definition) is 17. The van der Waals surface area contributed by atoms with Gasteiger partial charge in [0.25, 0.3) is 0 Å². The molecular weight excluding hydrogens is 1020 g/mol. The Morgan fingerprint density at radius 1 is 0.532 bits per heavy atom. The molecule has 0 amide bonds. The molecule has 79 heavy (non-hydrogen) atoms. The van der Waals surface area contributed by atoms with Gasteiger partial charge in [-0.1, -0.05) is 123 Å². The smallest absolute Gasteiger partial charge is 0.312 e. The molecule has 17 nitrogen and oxygen atoms in total. The lowest BCUT2D eigenvalue weighted by atomic mass is 9.86. The average molecular weight is 1100 g/mol. The Morgan fingerprint density at radius 2 is 0.924 bits per heavy atom. The molecule has 2 saturated carbocycles. The SMILES string of the molecule is CC(C)(C)OC(=O)C[C@@H](CC(=O)OCc1ccccc1)c1noc(-c2cc(C(=O)C(C)(C)C)on2)c1C1CC1.CC(C)(C)OC(=O)C[C@@H](CC(=O)OCc1ccccc1)c1noc(-c2cc(C(F)(F)C(C)(C)C)on2)c1C1CC1. The van der Waals surface area contributed by atoms with Gasteiger partial charge in [0.15, 0.2) is 22.9 Å². The van der Waals surface area contributed by atoms with Crippen LogP contribution in [0.25, 0.3) is 22.9 Å². The Bertz CT molecular complexity index is 3070. The van der Waals surface area contributed by atoms with Crippen molar-refractivity contribution in [2.24, 2.45) is 10.8 Å². The summed E-state index contributed by atoms with van der Waals surface area (Å²) in [6.45, 7) is 20.5. The topological polar surface area (TPSA) is 226 Å². The fourth-order valence-corrected chi connectivity index (χ4v) is 8.57. The van der Waals surface area contributed by atoms with E-state index in [2.05, 4.69) is 20.6 Å². The average Bonchev–Trinajstić information content (AvgIpc) is 4.27. The molecule has 0 aliphatic heterocycles. The molecule has 2 fully saturated rings. The van der Waals surface area contributed by atoms with Crippen molar-refractivity contribution in [3.63, 3.8) is 0 Å². The maximum atomic E-state index is 14.9. The standard InChI is InChI=1S/C30H36F2N2O6.C30H36N2O7/c1-28(2,3)30(31,32)22-16-21(33-39-22)27-25(19-12-13-19)26(34-40-27)20(15-24(36)38-29(4,5)6)14-23(35)37-17-18-10-8-7-9-11-18;1-29(2,3)28(35)22-16-21(31-38-22)27-25(19-12-13-19)26(32-39-27)20(15-24(34)37-30(4,5)6)14-23(33)36-17-18-10-8-7-9-11-18/h7-11,16,19-20H,12-15,17H2,1-6H3;7-11,16,19-20H,12-15,17H2,1-6H3/t2*20-/m11/s1. The van der Waals surface area contributed by atoms with Gasteiger partial charge in [-0.25, -0.2) is 0 Å². The van der Waals surface area contributed by atoms with Gasteiger partial charge in [-0.05, 0) is 90.2 Å². The molecule has 2 aromatic carbocycles. The normalized spacial score (nSPS) is 14.9. The molecule has 0 saturated heterocycles. The van der Waals surface area contributed by atoms with Crippen LogP contribution >= 0.6 is 0 Å². The van der Waals surface area contributed by atoms with Crippen molar-refractivity contribution in [1.82, 2.24) is 20.6 Å². The van der Waals surface area contributed by atoms with Gasteiger partial charge in [0, 0.05) is 45.9 Å². The predicted octanol–water partition coefficient (Wildman–Crippen LogP) is 13.7. The minimum absolute atomic E-state index is 0.0287. The quantitative estimate of drug-likeness (QED) is 0.0393. The molecule has 0 spiro atoms. The Labute approximate surface area is 458 Å². The fourth-order valence-electron chi connectivity index (χ4n) is 8.57. The summed E-state index contributed by atoms with van der Waals surface area (Å²) in [6, 6.07) is 21.3.